The molecule has 0 spiro atoms. The van der Waals surface area contributed by atoms with Gasteiger partial charge in [0.05, 0.1) is 0 Å². The molecule has 1 aliphatic carbocycles. The van der Waals surface area contributed by atoms with E-state index in [-0.39, 0.29) is 17.0 Å². The van der Waals surface area contributed by atoms with E-state index in [1.807, 2.05) is 0 Å². The summed E-state index contributed by atoms with van der Waals surface area (Å²) >= 11 is 0. The molecule has 1 aromatic rings. The molecule has 1 heterocycles. The van der Waals surface area contributed by atoms with Gasteiger partial charge in [-0.05, 0) is 48.6 Å². The summed E-state index contributed by atoms with van der Waals surface area (Å²) in [6, 6.07) is 11.1. The van der Waals surface area contributed by atoms with Crippen LogP contribution in [0.1, 0.15) is 45.1 Å². The predicted octanol–water partition coefficient (Wildman–Crippen LogP) is 4.66. The summed E-state index contributed by atoms with van der Waals surface area (Å²) in [5.41, 5.74) is 1.91. The highest BCUT2D eigenvalue weighted by molar-refractivity contribution is 8.93. The number of rotatable bonds is 3. The molecule has 2 atom stereocenters. The van der Waals surface area contributed by atoms with Crippen LogP contribution in [-0.4, -0.2) is 24.5 Å². The number of halogens is 1. The second-order valence-electron chi connectivity index (χ2n) is 6.99. The molecule has 0 N–H and O–H groups in total. The molecule has 1 aliphatic heterocycles. The molecule has 2 fully saturated rings. The molecule has 0 amide bonds. The summed E-state index contributed by atoms with van der Waals surface area (Å²) < 4.78 is 0. The average molecular weight is 338 g/mol. The van der Waals surface area contributed by atoms with Crippen molar-refractivity contribution in [3.05, 3.63) is 35.9 Å². The lowest BCUT2D eigenvalue weighted by Gasteiger charge is -2.46. The van der Waals surface area contributed by atoms with Crippen LogP contribution in [0.15, 0.2) is 30.3 Å². The first-order valence-electron chi connectivity index (χ1n) is 7.96. The number of likely N-dealkylation sites (tertiary alicyclic amines) is 1. The van der Waals surface area contributed by atoms with E-state index < -0.39 is 0 Å². The highest BCUT2D eigenvalue weighted by atomic mass is 79.9. The van der Waals surface area contributed by atoms with E-state index in [2.05, 4.69) is 49.1 Å². The van der Waals surface area contributed by atoms with E-state index >= 15 is 0 Å². The summed E-state index contributed by atoms with van der Waals surface area (Å²) in [7, 11) is 0. The molecule has 2 aliphatic rings. The fourth-order valence-electron chi connectivity index (χ4n) is 3.77. The van der Waals surface area contributed by atoms with Crippen molar-refractivity contribution in [2.45, 2.75) is 44.9 Å². The van der Waals surface area contributed by atoms with Crippen LogP contribution >= 0.6 is 17.0 Å². The van der Waals surface area contributed by atoms with E-state index in [0.29, 0.717) is 5.41 Å². The first kappa shape index (κ1) is 16.0. The van der Waals surface area contributed by atoms with Crippen LogP contribution in [0.3, 0.4) is 0 Å². The Balaban J connectivity index is 0.00000147. The van der Waals surface area contributed by atoms with Crippen LogP contribution in [0.25, 0.3) is 0 Å². The Bertz CT molecular complexity index is 415. The molecular weight excluding hydrogens is 310 g/mol. The predicted molar refractivity (Wildman–Crippen MR) is 91.7 cm³/mol. The fourth-order valence-corrected chi connectivity index (χ4v) is 3.77. The smallest absolute Gasteiger partial charge is 0.00156 e. The van der Waals surface area contributed by atoms with Gasteiger partial charge in [-0.1, -0.05) is 50.6 Å². The van der Waals surface area contributed by atoms with Gasteiger partial charge >= 0.3 is 0 Å². The number of piperidine rings is 1. The Kier molecular flexibility index (Phi) is 5.30. The highest BCUT2D eigenvalue weighted by Crippen LogP contribution is 2.40. The van der Waals surface area contributed by atoms with E-state index in [1.54, 1.807) is 0 Å². The second-order valence-corrected chi connectivity index (χ2v) is 6.99. The van der Waals surface area contributed by atoms with Crippen molar-refractivity contribution in [1.29, 1.82) is 0 Å². The van der Waals surface area contributed by atoms with Gasteiger partial charge < -0.3 is 4.90 Å². The zero-order chi connectivity index (χ0) is 13.3. The number of hydrogen-bond acceptors (Lipinski definition) is 1. The van der Waals surface area contributed by atoms with E-state index in [0.717, 1.165) is 11.8 Å². The molecule has 0 radical (unpaired) electrons. The van der Waals surface area contributed by atoms with Gasteiger partial charge in [-0.2, -0.15) is 0 Å². The maximum absolute atomic E-state index is 2.72. The minimum atomic E-state index is 0. The van der Waals surface area contributed by atoms with Gasteiger partial charge in [0.2, 0.25) is 0 Å². The third-order valence-electron chi connectivity index (χ3n) is 5.74. The van der Waals surface area contributed by atoms with Crippen molar-refractivity contribution in [3.63, 3.8) is 0 Å². The maximum atomic E-state index is 2.72. The minimum absolute atomic E-state index is 0. The van der Waals surface area contributed by atoms with Crippen LogP contribution in [0.2, 0.25) is 0 Å². The zero-order valence-electron chi connectivity index (χ0n) is 12.8. The van der Waals surface area contributed by atoms with Crippen molar-refractivity contribution >= 4 is 17.0 Å². The van der Waals surface area contributed by atoms with Crippen molar-refractivity contribution in [3.8, 4) is 0 Å². The minimum Gasteiger partial charge on any atom is -0.303 e. The van der Waals surface area contributed by atoms with Gasteiger partial charge in [-0.15, -0.1) is 17.0 Å². The zero-order valence-corrected chi connectivity index (χ0v) is 14.6. The quantitative estimate of drug-likeness (QED) is 0.774. The Morgan fingerprint density at radius 2 is 1.90 bits per heavy atom. The third-order valence-corrected chi connectivity index (χ3v) is 5.74. The van der Waals surface area contributed by atoms with E-state index in [1.165, 1.54) is 50.9 Å². The summed E-state index contributed by atoms with van der Waals surface area (Å²) in [5.74, 6) is 1.76. The molecule has 2 heteroatoms. The standard InChI is InChI=1S/C18H27N.BrH/c1-15-13-19(14-16-7-6-8-16)12-11-18(15,2)17-9-4-3-5-10-17;/h3-5,9-10,15-16H,6-8,11-14H2,1-2H3;1H. The topological polar surface area (TPSA) is 3.24 Å². The molecule has 1 saturated carbocycles. The van der Waals surface area contributed by atoms with Crippen molar-refractivity contribution in [2.75, 3.05) is 19.6 Å². The molecule has 2 unspecified atom stereocenters. The highest BCUT2D eigenvalue weighted by Gasteiger charge is 2.38. The molecule has 3 rings (SSSR count). The summed E-state index contributed by atoms with van der Waals surface area (Å²) in [6.07, 6.45) is 5.72. The molecule has 1 aromatic carbocycles. The molecule has 112 valence electrons. The van der Waals surface area contributed by atoms with Crippen molar-refractivity contribution < 1.29 is 0 Å². The van der Waals surface area contributed by atoms with Crippen LogP contribution in [-0.2, 0) is 5.41 Å². The molecule has 0 bridgehead atoms. The number of hydrogen-bond donors (Lipinski definition) is 0. The molecular formula is C18H28BrN. The summed E-state index contributed by atoms with van der Waals surface area (Å²) in [5, 5.41) is 0. The van der Waals surface area contributed by atoms with Crippen molar-refractivity contribution in [2.24, 2.45) is 11.8 Å². The molecule has 0 aromatic heterocycles. The molecule has 1 saturated heterocycles. The SMILES string of the molecule is Br.CC1CN(CC2CCC2)CCC1(C)c1ccccc1. The Labute approximate surface area is 134 Å². The van der Waals surface area contributed by atoms with Crippen LogP contribution < -0.4 is 0 Å². The number of nitrogens with zero attached hydrogens (tertiary/aromatic N) is 1. The molecule has 20 heavy (non-hydrogen) atoms. The Morgan fingerprint density at radius 3 is 2.45 bits per heavy atom. The van der Waals surface area contributed by atoms with E-state index in [9.17, 15) is 0 Å². The van der Waals surface area contributed by atoms with Gasteiger partial charge in [0.25, 0.3) is 0 Å². The van der Waals surface area contributed by atoms with Crippen LogP contribution in [0, 0.1) is 11.8 Å². The first-order chi connectivity index (χ1) is 9.18. The van der Waals surface area contributed by atoms with Gasteiger partial charge in [0, 0.05) is 13.1 Å². The summed E-state index contributed by atoms with van der Waals surface area (Å²) in [6.45, 7) is 8.83. The van der Waals surface area contributed by atoms with Gasteiger partial charge in [-0.25, -0.2) is 0 Å². The third kappa shape index (κ3) is 3.12. The molecule has 1 nitrogen and oxygen atoms in total. The normalized spacial score (nSPS) is 31.4. The lowest BCUT2D eigenvalue weighted by Crippen LogP contribution is -2.49. The lowest BCUT2D eigenvalue weighted by atomic mass is 9.68. The monoisotopic (exact) mass is 337 g/mol. The van der Waals surface area contributed by atoms with Crippen LogP contribution in [0.4, 0.5) is 0 Å². The van der Waals surface area contributed by atoms with Crippen LogP contribution in [0.5, 0.6) is 0 Å². The summed E-state index contributed by atoms with van der Waals surface area (Å²) in [4.78, 5) is 2.72. The Hall–Kier alpha value is -0.340. The van der Waals surface area contributed by atoms with Gasteiger partial charge in [-0.3, -0.25) is 0 Å². The lowest BCUT2D eigenvalue weighted by molar-refractivity contribution is 0.0816. The van der Waals surface area contributed by atoms with Gasteiger partial charge in [0.15, 0.2) is 0 Å². The fraction of sp³-hybridized carbons (Fsp3) is 0.667. The maximum Gasteiger partial charge on any atom is 0.00156 e. The second kappa shape index (κ2) is 6.62. The van der Waals surface area contributed by atoms with Crippen molar-refractivity contribution in [1.82, 2.24) is 4.90 Å². The Morgan fingerprint density at radius 1 is 1.20 bits per heavy atom. The largest absolute Gasteiger partial charge is 0.303 e. The number of benzene rings is 1. The van der Waals surface area contributed by atoms with E-state index in [4.69, 9.17) is 0 Å². The average Bonchev–Trinajstić information content (AvgIpc) is 2.39. The first-order valence-corrected chi connectivity index (χ1v) is 7.96. The van der Waals surface area contributed by atoms with Gasteiger partial charge in [0.1, 0.15) is 0 Å².